The van der Waals surface area contributed by atoms with E-state index in [0.717, 1.165) is 39.2 Å². The summed E-state index contributed by atoms with van der Waals surface area (Å²) in [5.74, 6) is -0.441. The van der Waals surface area contributed by atoms with Crippen molar-refractivity contribution in [2.45, 2.75) is 77.2 Å². The largest absolute Gasteiger partial charge is 0.392 e. The minimum Gasteiger partial charge on any atom is -0.392 e. The molecule has 1 aliphatic heterocycles. The van der Waals surface area contributed by atoms with E-state index >= 15 is 0 Å². The Bertz CT molecular complexity index is 1670. The van der Waals surface area contributed by atoms with E-state index in [4.69, 9.17) is 0 Å². The molecule has 0 saturated heterocycles. The first-order valence-electron chi connectivity index (χ1n) is 16.1. The number of nitrogens with zero attached hydrogens (tertiary/aromatic N) is 2. The average Bonchev–Trinajstić information content (AvgIpc) is 3.53. The van der Waals surface area contributed by atoms with Crippen molar-refractivity contribution in [1.29, 1.82) is 0 Å². The van der Waals surface area contributed by atoms with Gasteiger partial charge in [0.1, 0.15) is 6.04 Å². The van der Waals surface area contributed by atoms with Crippen molar-refractivity contribution in [2.24, 2.45) is 0 Å². The lowest BCUT2D eigenvalue weighted by Gasteiger charge is -2.29. The van der Waals surface area contributed by atoms with Gasteiger partial charge in [-0.25, -0.2) is 4.98 Å². The molecule has 10 nitrogen and oxygen atoms in total. The molecule has 1 aliphatic rings. The predicted octanol–water partition coefficient (Wildman–Crippen LogP) is 4.04. The second-order valence-electron chi connectivity index (χ2n) is 12.9. The Hall–Kier alpha value is -4.80. The van der Waals surface area contributed by atoms with E-state index in [-0.39, 0.29) is 30.6 Å². The first kappa shape index (κ1) is 33.6. The zero-order valence-corrected chi connectivity index (χ0v) is 27.3. The number of β-amino-alcohol motifs (C(OH)–C–C–N with tert-alkyl or cyclic N) is 1. The van der Waals surface area contributed by atoms with E-state index in [9.17, 15) is 19.5 Å². The maximum absolute atomic E-state index is 14.0. The number of fused-ring (bicyclic) bond motifs is 1. The number of amides is 3. The summed E-state index contributed by atoms with van der Waals surface area (Å²) in [6.45, 7) is 6.64. The molecular formula is C37H44N6O4. The first-order valence-corrected chi connectivity index (χ1v) is 16.1. The lowest BCUT2D eigenvalue weighted by molar-refractivity contribution is -0.128. The fourth-order valence-corrected chi connectivity index (χ4v) is 5.88. The van der Waals surface area contributed by atoms with Crippen LogP contribution in [0.5, 0.6) is 0 Å². The fourth-order valence-electron chi connectivity index (χ4n) is 5.88. The first-order chi connectivity index (χ1) is 22.6. The number of carbonyl (C=O) groups excluding carboxylic acids is 3. The van der Waals surface area contributed by atoms with Crippen LogP contribution in [0.25, 0.3) is 11.1 Å². The summed E-state index contributed by atoms with van der Waals surface area (Å²) in [6.07, 6.45) is 4.26. The van der Waals surface area contributed by atoms with Gasteiger partial charge < -0.3 is 30.9 Å². The molecule has 0 aliphatic carbocycles. The van der Waals surface area contributed by atoms with Crippen LogP contribution in [-0.2, 0) is 40.3 Å². The van der Waals surface area contributed by atoms with Crippen LogP contribution in [-0.4, -0.2) is 57.0 Å². The van der Waals surface area contributed by atoms with Crippen LogP contribution in [0.3, 0.4) is 0 Å². The highest BCUT2D eigenvalue weighted by Crippen LogP contribution is 2.30. The van der Waals surface area contributed by atoms with Gasteiger partial charge in [0.15, 0.2) is 0 Å². The Labute approximate surface area is 276 Å². The van der Waals surface area contributed by atoms with Crippen LogP contribution in [0.1, 0.15) is 56.0 Å². The summed E-state index contributed by atoms with van der Waals surface area (Å²) in [5.41, 5.74) is 6.12. The summed E-state index contributed by atoms with van der Waals surface area (Å²) in [4.78, 5) is 48.3. The number of rotatable bonds is 13. The number of carbonyl (C=O) groups is 3. The van der Waals surface area contributed by atoms with Crippen molar-refractivity contribution in [3.05, 3.63) is 108 Å². The molecule has 0 unspecified atom stereocenters. The molecule has 0 bridgehead atoms. The van der Waals surface area contributed by atoms with E-state index in [0.29, 0.717) is 32.5 Å². The van der Waals surface area contributed by atoms with Gasteiger partial charge in [-0.15, -0.1) is 0 Å². The number of benzene rings is 3. The number of para-hydroxylation sites is 1. The lowest BCUT2D eigenvalue weighted by Crippen LogP contribution is -2.51. The van der Waals surface area contributed by atoms with E-state index < -0.39 is 17.7 Å². The Kier molecular flexibility index (Phi) is 10.8. The third kappa shape index (κ3) is 9.15. The monoisotopic (exact) mass is 636 g/mol. The molecule has 0 spiro atoms. The molecule has 1 aromatic heterocycles. The number of aliphatic hydroxyl groups is 1. The summed E-state index contributed by atoms with van der Waals surface area (Å²) < 4.78 is 0. The highest BCUT2D eigenvalue weighted by molar-refractivity contribution is 6.00. The molecule has 0 fully saturated rings. The summed E-state index contributed by atoms with van der Waals surface area (Å²) in [6, 6.07) is 23.3. The topological polar surface area (TPSA) is 139 Å². The van der Waals surface area contributed by atoms with Crippen LogP contribution in [0.15, 0.2) is 85.3 Å². The predicted molar refractivity (Wildman–Crippen MR) is 182 cm³/mol. The minimum atomic E-state index is -0.655. The highest BCUT2D eigenvalue weighted by Gasteiger charge is 2.32. The summed E-state index contributed by atoms with van der Waals surface area (Å²) in [5, 5.41) is 18.9. The molecule has 5 N–H and O–H groups in total. The molecule has 3 aromatic carbocycles. The number of hydrogen-bond acceptors (Lipinski definition) is 6. The molecule has 246 valence electrons. The maximum Gasteiger partial charge on any atom is 0.249 e. The van der Waals surface area contributed by atoms with Crippen LogP contribution in [0.2, 0.25) is 0 Å². The molecule has 5 rings (SSSR count). The standard InChI is InChI=1S/C37H44N6O4/c1-25(44)20-41-37(2,3)19-35(46)42-32-17-16-28-8-5-7-11-33(28)43(36(32)47)23-26-12-14-27(15-13-26)31-10-6-4-9-29(31)21-39-34(45)18-30-22-38-24-40-30/h4-15,22,24-25,32,41,44H,16-21,23H2,1-3H3,(H,38,40)(H,39,45)(H,42,46)/t25-,32-/m1/s1. The van der Waals surface area contributed by atoms with Gasteiger partial charge in [0, 0.05) is 42.6 Å². The summed E-state index contributed by atoms with van der Waals surface area (Å²) >= 11 is 0. The Morgan fingerprint density at radius 3 is 2.53 bits per heavy atom. The van der Waals surface area contributed by atoms with Gasteiger partial charge in [-0.1, -0.05) is 66.7 Å². The van der Waals surface area contributed by atoms with E-state index in [1.54, 1.807) is 24.3 Å². The number of aromatic amines is 1. The smallest absolute Gasteiger partial charge is 0.249 e. The molecular weight excluding hydrogens is 592 g/mol. The number of aliphatic hydroxyl groups excluding tert-OH is 1. The van der Waals surface area contributed by atoms with Crippen molar-refractivity contribution in [3.63, 3.8) is 0 Å². The van der Waals surface area contributed by atoms with Gasteiger partial charge in [0.05, 0.1) is 25.4 Å². The molecule has 0 radical (unpaired) electrons. The van der Waals surface area contributed by atoms with Crippen LogP contribution in [0, 0.1) is 0 Å². The van der Waals surface area contributed by atoms with Crippen molar-refractivity contribution < 1.29 is 19.5 Å². The number of hydrogen-bond donors (Lipinski definition) is 5. The number of anilines is 1. The molecule has 3 amide bonds. The Morgan fingerprint density at radius 2 is 1.79 bits per heavy atom. The minimum absolute atomic E-state index is 0.0898. The second kappa shape index (κ2) is 15.2. The number of H-pyrrole nitrogens is 1. The zero-order chi connectivity index (χ0) is 33.4. The van der Waals surface area contributed by atoms with E-state index in [1.807, 2.05) is 86.6 Å². The van der Waals surface area contributed by atoms with Crippen molar-refractivity contribution in [3.8, 4) is 11.1 Å². The molecule has 10 heteroatoms. The molecule has 47 heavy (non-hydrogen) atoms. The molecule has 2 atom stereocenters. The number of aromatic nitrogens is 2. The number of aryl methyl sites for hydroxylation is 1. The second-order valence-corrected chi connectivity index (χ2v) is 12.9. The molecule has 2 heterocycles. The van der Waals surface area contributed by atoms with Gasteiger partial charge in [0.2, 0.25) is 17.7 Å². The maximum atomic E-state index is 14.0. The van der Waals surface area contributed by atoms with Crippen LogP contribution in [0.4, 0.5) is 5.69 Å². The van der Waals surface area contributed by atoms with Gasteiger partial charge in [0.25, 0.3) is 0 Å². The van der Waals surface area contributed by atoms with Crippen molar-refractivity contribution in [2.75, 3.05) is 11.4 Å². The van der Waals surface area contributed by atoms with Crippen LogP contribution >= 0.6 is 0 Å². The van der Waals surface area contributed by atoms with E-state index in [1.165, 1.54) is 0 Å². The zero-order valence-electron chi connectivity index (χ0n) is 27.3. The molecule has 4 aromatic rings. The number of nitrogens with one attached hydrogen (secondary N) is 4. The average molecular weight is 637 g/mol. The third-order valence-electron chi connectivity index (χ3n) is 8.37. The van der Waals surface area contributed by atoms with Crippen molar-refractivity contribution >= 4 is 23.4 Å². The highest BCUT2D eigenvalue weighted by atomic mass is 16.3. The van der Waals surface area contributed by atoms with Gasteiger partial charge in [-0.05, 0) is 67.5 Å². The fraction of sp³-hybridized carbons (Fsp3) is 0.351. The third-order valence-corrected chi connectivity index (χ3v) is 8.37. The Balaban J connectivity index is 1.28. The van der Waals surface area contributed by atoms with Crippen LogP contribution < -0.4 is 20.9 Å². The molecule has 0 saturated carbocycles. The van der Waals surface area contributed by atoms with Gasteiger partial charge >= 0.3 is 0 Å². The Morgan fingerprint density at radius 1 is 1.04 bits per heavy atom. The van der Waals surface area contributed by atoms with E-state index in [2.05, 4.69) is 25.9 Å². The number of imidazole rings is 1. The van der Waals surface area contributed by atoms with Gasteiger partial charge in [-0.3, -0.25) is 14.4 Å². The van der Waals surface area contributed by atoms with Gasteiger partial charge in [-0.2, -0.15) is 0 Å². The summed E-state index contributed by atoms with van der Waals surface area (Å²) in [7, 11) is 0. The SMILES string of the molecule is C[C@@H](O)CNC(C)(C)CC(=O)N[C@@H]1CCc2ccccc2N(Cc2ccc(-c3ccccc3CNC(=O)Cc3cnc[nH]3)cc2)C1=O. The lowest BCUT2D eigenvalue weighted by atomic mass is 9.98. The normalized spacial score (nSPS) is 15.4. The quantitative estimate of drug-likeness (QED) is 0.150. The van der Waals surface area contributed by atoms with Crippen molar-refractivity contribution in [1.82, 2.24) is 25.9 Å².